The van der Waals surface area contributed by atoms with Crippen molar-refractivity contribution in [2.75, 3.05) is 6.54 Å². The van der Waals surface area contributed by atoms with Gasteiger partial charge in [0, 0.05) is 19.4 Å². The molecule has 0 aromatic rings. The van der Waals surface area contributed by atoms with Crippen LogP contribution in [0.15, 0.2) is 4.99 Å². The van der Waals surface area contributed by atoms with Gasteiger partial charge >= 0.3 is 0 Å². The summed E-state index contributed by atoms with van der Waals surface area (Å²) in [6, 6.07) is -0.961. The van der Waals surface area contributed by atoms with Gasteiger partial charge < -0.3 is 17.2 Å². The highest BCUT2D eigenvalue weighted by molar-refractivity contribution is 6.00. The molecule has 0 spiro atoms. The van der Waals surface area contributed by atoms with E-state index in [9.17, 15) is 14.4 Å². The molecule has 0 aliphatic heterocycles. The Morgan fingerprint density at radius 2 is 0.720 bits per heavy atom. The first-order valence-electron chi connectivity index (χ1n) is 21.5. The molecule has 3 amide bonds. The Labute approximate surface area is 309 Å². The largest absolute Gasteiger partial charge is 0.370 e. The number of aliphatic imine (C=N–C) groups is 1. The standard InChI is InChI=1S/C42H83N5O3/c1-3-5-7-9-11-13-15-17-19-21-23-25-27-29-31-35-39(48)47(38(41(43)50)34-33-37-46-42(44)45)40(49)36-32-30-28-26-24-22-20-18-16-14-12-10-8-6-4-2/h38H,3-37H2,1-2H3,(H2,43,50)(H4,44,45,46)/t38-/m0/s1. The second-order valence-electron chi connectivity index (χ2n) is 14.9. The maximum absolute atomic E-state index is 13.4. The first kappa shape index (κ1) is 47.9. The number of unbranched alkanes of at least 4 members (excludes halogenated alkanes) is 28. The number of amides is 3. The van der Waals surface area contributed by atoms with Gasteiger partial charge in [-0.2, -0.15) is 0 Å². The smallest absolute Gasteiger partial charge is 0.240 e. The monoisotopic (exact) mass is 706 g/mol. The zero-order valence-corrected chi connectivity index (χ0v) is 33.2. The summed E-state index contributed by atoms with van der Waals surface area (Å²) in [4.78, 5) is 44.5. The van der Waals surface area contributed by atoms with Crippen molar-refractivity contribution in [2.24, 2.45) is 22.2 Å². The highest BCUT2D eigenvalue weighted by atomic mass is 16.2. The summed E-state index contributed by atoms with van der Waals surface area (Å²) in [5.74, 6) is -1.23. The van der Waals surface area contributed by atoms with Gasteiger partial charge in [0.25, 0.3) is 0 Å². The number of imide groups is 1. The van der Waals surface area contributed by atoms with Gasteiger partial charge in [-0.25, -0.2) is 0 Å². The van der Waals surface area contributed by atoms with Crippen molar-refractivity contribution >= 4 is 23.7 Å². The first-order valence-corrected chi connectivity index (χ1v) is 21.5. The zero-order valence-electron chi connectivity index (χ0n) is 33.2. The molecule has 0 saturated heterocycles. The average molecular weight is 706 g/mol. The van der Waals surface area contributed by atoms with Crippen molar-refractivity contribution in [2.45, 2.75) is 238 Å². The third-order valence-corrected chi connectivity index (χ3v) is 10.1. The number of guanidine groups is 1. The van der Waals surface area contributed by atoms with E-state index < -0.39 is 11.9 Å². The lowest BCUT2D eigenvalue weighted by molar-refractivity contribution is -0.152. The van der Waals surface area contributed by atoms with E-state index in [-0.39, 0.29) is 37.0 Å². The van der Waals surface area contributed by atoms with Crippen molar-refractivity contribution < 1.29 is 14.4 Å². The van der Waals surface area contributed by atoms with Gasteiger partial charge in [-0.1, -0.05) is 194 Å². The molecule has 0 aromatic carbocycles. The summed E-state index contributed by atoms with van der Waals surface area (Å²) in [6.45, 7) is 4.85. The minimum atomic E-state index is -0.961. The molecule has 0 bridgehead atoms. The van der Waals surface area contributed by atoms with Crippen LogP contribution in [0.1, 0.15) is 232 Å². The number of primary amides is 1. The van der Waals surface area contributed by atoms with Gasteiger partial charge in [-0.3, -0.25) is 24.3 Å². The molecule has 0 aliphatic rings. The fraction of sp³-hybridized carbons (Fsp3) is 0.905. The fourth-order valence-corrected chi connectivity index (χ4v) is 6.91. The molecule has 0 fully saturated rings. The van der Waals surface area contributed by atoms with Crippen LogP contribution in [0.3, 0.4) is 0 Å². The van der Waals surface area contributed by atoms with E-state index in [1.54, 1.807) is 0 Å². The van der Waals surface area contributed by atoms with Crippen LogP contribution in [0, 0.1) is 0 Å². The SMILES string of the molecule is CCCCCCCCCCCCCCCCCC(=O)N(C(=O)CCCCCCCCCCCCCCCCC)[C@@H](CCCN=C(N)N)C(N)=O. The molecule has 8 heteroatoms. The second-order valence-corrected chi connectivity index (χ2v) is 14.9. The van der Waals surface area contributed by atoms with E-state index in [4.69, 9.17) is 17.2 Å². The van der Waals surface area contributed by atoms with Crippen molar-refractivity contribution in [1.29, 1.82) is 0 Å². The Morgan fingerprint density at radius 3 is 0.980 bits per heavy atom. The number of carbonyl (C=O) groups excluding carboxylic acids is 3. The molecule has 1 atom stereocenters. The Hall–Kier alpha value is -2.12. The van der Waals surface area contributed by atoms with Crippen LogP contribution in [-0.4, -0.2) is 41.2 Å². The van der Waals surface area contributed by atoms with Gasteiger partial charge in [-0.15, -0.1) is 0 Å². The summed E-state index contributed by atoms with van der Waals surface area (Å²) in [5, 5.41) is 0. The highest BCUT2D eigenvalue weighted by Gasteiger charge is 2.32. The van der Waals surface area contributed by atoms with Gasteiger partial charge in [-0.05, 0) is 25.7 Å². The topological polar surface area (TPSA) is 145 Å². The molecule has 0 aliphatic carbocycles. The predicted molar refractivity (Wildman–Crippen MR) is 214 cm³/mol. The second kappa shape index (κ2) is 36.7. The fourth-order valence-electron chi connectivity index (χ4n) is 6.91. The van der Waals surface area contributed by atoms with E-state index in [1.807, 2.05) is 0 Å². The van der Waals surface area contributed by atoms with Gasteiger partial charge in [0.15, 0.2) is 5.96 Å². The van der Waals surface area contributed by atoms with Crippen LogP contribution in [0.25, 0.3) is 0 Å². The minimum absolute atomic E-state index is 0.0223. The van der Waals surface area contributed by atoms with Gasteiger partial charge in [0.2, 0.25) is 17.7 Å². The van der Waals surface area contributed by atoms with Crippen molar-refractivity contribution in [3.8, 4) is 0 Å². The number of rotatable bonds is 38. The van der Waals surface area contributed by atoms with E-state index in [0.29, 0.717) is 13.0 Å². The quantitative estimate of drug-likeness (QED) is 0.0332. The van der Waals surface area contributed by atoms with E-state index in [1.165, 1.54) is 159 Å². The van der Waals surface area contributed by atoms with E-state index >= 15 is 0 Å². The van der Waals surface area contributed by atoms with Crippen LogP contribution in [0.5, 0.6) is 0 Å². The molecule has 8 nitrogen and oxygen atoms in total. The average Bonchev–Trinajstić information content (AvgIpc) is 3.09. The van der Waals surface area contributed by atoms with Crippen LogP contribution in [-0.2, 0) is 14.4 Å². The van der Waals surface area contributed by atoms with Gasteiger partial charge in [0.05, 0.1) is 0 Å². The molecule has 0 unspecified atom stereocenters. The molecular formula is C42H83N5O3. The number of carbonyl (C=O) groups is 3. The minimum Gasteiger partial charge on any atom is -0.370 e. The molecule has 294 valence electrons. The zero-order chi connectivity index (χ0) is 36.9. The van der Waals surface area contributed by atoms with E-state index in [0.717, 1.165) is 38.5 Å². The number of hydrogen-bond donors (Lipinski definition) is 3. The summed E-state index contributed by atoms with van der Waals surface area (Å²) >= 11 is 0. The molecule has 0 aromatic heterocycles. The number of nitrogens with two attached hydrogens (primary N) is 3. The summed E-state index contributed by atoms with van der Waals surface area (Å²) in [6.07, 6.45) is 38.8. The third-order valence-electron chi connectivity index (χ3n) is 10.1. The lowest BCUT2D eigenvalue weighted by Gasteiger charge is -2.28. The highest BCUT2D eigenvalue weighted by Crippen LogP contribution is 2.19. The summed E-state index contributed by atoms with van der Waals surface area (Å²) < 4.78 is 0. The lowest BCUT2D eigenvalue weighted by atomic mass is 10.0. The maximum Gasteiger partial charge on any atom is 0.240 e. The molecule has 0 radical (unpaired) electrons. The Bertz CT molecular complexity index is 784. The van der Waals surface area contributed by atoms with Crippen molar-refractivity contribution in [3.63, 3.8) is 0 Å². The Kier molecular flexibility index (Phi) is 35.1. The number of hydrogen-bond acceptors (Lipinski definition) is 4. The van der Waals surface area contributed by atoms with Crippen LogP contribution < -0.4 is 17.2 Å². The summed E-state index contributed by atoms with van der Waals surface area (Å²) in [7, 11) is 0. The molecular weight excluding hydrogens is 622 g/mol. The predicted octanol–water partition coefficient (Wildman–Crippen LogP) is 10.8. The van der Waals surface area contributed by atoms with Crippen LogP contribution in [0.2, 0.25) is 0 Å². The molecule has 50 heavy (non-hydrogen) atoms. The van der Waals surface area contributed by atoms with Crippen LogP contribution >= 0.6 is 0 Å². The van der Waals surface area contributed by atoms with E-state index in [2.05, 4.69) is 18.8 Å². The van der Waals surface area contributed by atoms with Crippen molar-refractivity contribution in [1.82, 2.24) is 4.90 Å². The molecule has 0 heterocycles. The molecule has 6 N–H and O–H groups in total. The lowest BCUT2D eigenvalue weighted by Crippen LogP contribution is -2.51. The summed E-state index contributed by atoms with van der Waals surface area (Å²) in [5.41, 5.74) is 16.6. The maximum atomic E-state index is 13.4. The third kappa shape index (κ3) is 30.7. The van der Waals surface area contributed by atoms with Crippen molar-refractivity contribution in [3.05, 3.63) is 0 Å². The van der Waals surface area contributed by atoms with Gasteiger partial charge in [0.1, 0.15) is 6.04 Å². The molecule has 0 rings (SSSR count). The first-order chi connectivity index (χ1) is 24.3. The Balaban J connectivity index is 4.43. The van der Waals surface area contributed by atoms with Crippen LogP contribution in [0.4, 0.5) is 0 Å². The molecule has 0 saturated carbocycles. The Morgan fingerprint density at radius 1 is 0.440 bits per heavy atom. The number of nitrogens with zero attached hydrogens (tertiary/aromatic N) is 2. The normalized spacial score (nSPS) is 11.8.